The maximum atomic E-state index is 8.27. The van der Waals surface area contributed by atoms with Crippen molar-refractivity contribution < 1.29 is 4.74 Å². The lowest BCUT2D eigenvalue weighted by atomic mass is 10.3. The van der Waals surface area contributed by atoms with Crippen molar-refractivity contribution in [2.75, 3.05) is 12.9 Å². The zero-order valence-corrected chi connectivity index (χ0v) is 9.60. The molecule has 0 saturated heterocycles. The monoisotopic (exact) mass is 209 g/mol. The highest BCUT2D eigenvalue weighted by Gasteiger charge is 1.93. The second-order valence-corrected chi connectivity index (χ2v) is 3.01. The van der Waals surface area contributed by atoms with E-state index in [0.717, 1.165) is 10.6 Å². The van der Waals surface area contributed by atoms with Crippen LogP contribution in [-0.2, 0) is 0 Å². The Hall–Kier alpha value is -1.14. The molecule has 0 bridgehead atoms. The van der Waals surface area contributed by atoms with Gasteiger partial charge in [-0.25, -0.2) is 0 Å². The molecule has 0 unspecified atom stereocenters. The molecule has 1 rings (SSSR count). The molecule has 76 valence electrons. The van der Waals surface area contributed by atoms with Crippen molar-refractivity contribution in [3.05, 3.63) is 24.3 Å². The minimum absolute atomic E-state index is 0.109. The van der Waals surface area contributed by atoms with Crippen LogP contribution in [-0.4, -0.2) is 12.9 Å². The molecule has 0 heterocycles. The molecule has 0 aliphatic heterocycles. The summed E-state index contributed by atoms with van der Waals surface area (Å²) in [5.41, 5.74) is 0. The fraction of sp³-hybridized carbons (Fsp3) is 0.364. The van der Waals surface area contributed by atoms with Gasteiger partial charge in [0, 0.05) is 4.90 Å². The summed E-state index contributed by atoms with van der Waals surface area (Å²) in [6.45, 7) is 4.11. The van der Waals surface area contributed by atoms with Crippen LogP contribution in [0.2, 0.25) is 0 Å². The van der Waals surface area contributed by atoms with Crippen LogP contribution < -0.4 is 4.74 Å². The molecule has 1 aromatic rings. The Kier molecular flexibility index (Phi) is 7.77. The van der Waals surface area contributed by atoms with E-state index in [1.165, 1.54) is 0 Å². The summed E-state index contributed by atoms with van der Waals surface area (Å²) in [5, 5.41) is 8.27. The molecule has 0 saturated carbocycles. The normalized spacial score (nSPS) is 8.14. The van der Waals surface area contributed by atoms with Crippen LogP contribution in [0.1, 0.15) is 13.8 Å². The molecule has 0 radical (unpaired) electrons. The standard InChI is InChI=1S/C9H9NOS.C2H6/c1-12-9-4-2-3-8(7-9)11-6-5-10;1-2/h2-4,7H,6H2,1H3;1-2H3. The van der Waals surface area contributed by atoms with Gasteiger partial charge in [0.05, 0.1) is 0 Å². The smallest absolute Gasteiger partial charge is 0.174 e. The van der Waals surface area contributed by atoms with Crippen LogP contribution in [0.3, 0.4) is 0 Å². The van der Waals surface area contributed by atoms with Gasteiger partial charge in [0.1, 0.15) is 11.8 Å². The third-order valence-corrected chi connectivity index (χ3v) is 2.07. The Morgan fingerprint density at radius 2 is 2.14 bits per heavy atom. The number of ether oxygens (including phenoxy) is 1. The Morgan fingerprint density at radius 1 is 1.43 bits per heavy atom. The van der Waals surface area contributed by atoms with Crippen molar-refractivity contribution in [1.82, 2.24) is 0 Å². The van der Waals surface area contributed by atoms with E-state index in [9.17, 15) is 0 Å². The highest BCUT2D eigenvalue weighted by molar-refractivity contribution is 7.98. The largest absolute Gasteiger partial charge is 0.479 e. The molecule has 0 fully saturated rings. The van der Waals surface area contributed by atoms with Crippen molar-refractivity contribution in [3.63, 3.8) is 0 Å². The molecule has 0 amide bonds. The molecule has 2 nitrogen and oxygen atoms in total. The van der Waals surface area contributed by atoms with Crippen LogP contribution in [0.25, 0.3) is 0 Å². The molecule has 0 atom stereocenters. The molecule has 3 heteroatoms. The topological polar surface area (TPSA) is 33.0 Å². The van der Waals surface area contributed by atoms with Crippen LogP contribution >= 0.6 is 11.8 Å². The third-order valence-electron chi connectivity index (χ3n) is 1.34. The molecule has 1 aromatic carbocycles. The first kappa shape index (κ1) is 12.9. The van der Waals surface area contributed by atoms with Gasteiger partial charge >= 0.3 is 0 Å². The first-order valence-corrected chi connectivity index (χ1v) is 5.73. The predicted octanol–water partition coefficient (Wildman–Crippen LogP) is 3.34. The maximum absolute atomic E-state index is 8.27. The highest BCUT2D eigenvalue weighted by atomic mass is 32.2. The second kappa shape index (κ2) is 8.46. The van der Waals surface area contributed by atoms with Gasteiger partial charge < -0.3 is 4.74 Å². The molecule has 0 spiro atoms. The van der Waals surface area contributed by atoms with Gasteiger partial charge in [-0.15, -0.1) is 11.8 Å². The summed E-state index contributed by atoms with van der Waals surface area (Å²) >= 11 is 1.65. The second-order valence-electron chi connectivity index (χ2n) is 2.13. The van der Waals surface area contributed by atoms with Crippen molar-refractivity contribution in [3.8, 4) is 11.8 Å². The van der Waals surface area contributed by atoms with E-state index in [4.69, 9.17) is 10.00 Å². The van der Waals surface area contributed by atoms with Gasteiger partial charge in [-0.2, -0.15) is 5.26 Å². The number of benzene rings is 1. The predicted molar refractivity (Wildman–Crippen MR) is 60.7 cm³/mol. The average molecular weight is 209 g/mol. The van der Waals surface area contributed by atoms with Gasteiger partial charge in [-0.3, -0.25) is 0 Å². The number of rotatable bonds is 3. The Balaban J connectivity index is 0.000000791. The molecule has 0 N–H and O–H groups in total. The van der Waals surface area contributed by atoms with Gasteiger partial charge in [0.2, 0.25) is 0 Å². The van der Waals surface area contributed by atoms with E-state index in [1.807, 2.05) is 50.4 Å². The molecular formula is C11H15NOS. The Labute approximate surface area is 89.9 Å². The zero-order valence-electron chi connectivity index (χ0n) is 8.78. The first-order chi connectivity index (χ1) is 6.86. The van der Waals surface area contributed by atoms with Gasteiger partial charge in [0.15, 0.2) is 6.61 Å². The summed E-state index contributed by atoms with van der Waals surface area (Å²) < 4.78 is 5.12. The number of hydrogen-bond donors (Lipinski definition) is 0. The van der Waals surface area contributed by atoms with E-state index in [-0.39, 0.29) is 6.61 Å². The van der Waals surface area contributed by atoms with Crippen molar-refractivity contribution in [1.29, 1.82) is 5.26 Å². The van der Waals surface area contributed by atoms with Crippen LogP contribution in [0, 0.1) is 11.3 Å². The summed E-state index contributed by atoms with van der Waals surface area (Å²) in [6.07, 6.45) is 2.00. The van der Waals surface area contributed by atoms with Gasteiger partial charge in [-0.05, 0) is 24.5 Å². The van der Waals surface area contributed by atoms with E-state index in [1.54, 1.807) is 11.8 Å². The molecule has 0 aliphatic rings. The first-order valence-electron chi connectivity index (χ1n) is 4.50. The Bertz CT molecular complexity index is 294. The number of hydrogen-bond acceptors (Lipinski definition) is 3. The molecule has 0 aliphatic carbocycles. The minimum Gasteiger partial charge on any atom is -0.479 e. The van der Waals surface area contributed by atoms with Gasteiger partial charge in [-0.1, -0.05) is 19.9 Å². The highest BCUT2D eigenvalue weighted by Crippen LogP contribution is 2.20. The van der Waals surface area contributed by atoms with Crippen molar-refractivity contribution >= 4 is 11.8 Å². The summed E-state index contributed by atoms with van der Waals surface area (Å²) in [4.78, 5) is 1.14. The maximum Gasteiger partial charge on any atom is 0.174 e. The van der Waals surface area contributed by atoms with E-state index < -0.39 is 0 Å². The number of nitriles is 1. The van der Waals surface area contributed by atoms with Crippen LogP contribution in [0.15, 0.2) is 29.2 Å². The van der Waals surface area contributed by atoms with E-state index in [2.05, 4.69) is 0 Å². The quantitative estimate of drug-likeness (QED) is 0.716. The fourth-order valence-electron chi connectivity index (χ4n) is 0.807. The lowest BCUT2D eigenvalue weighted by Gasteiger charge is -2.02. The zero-order chi connectivity index (χ0) is 10.8. The molecule has 14 heavy (non-hydrogen) atoms. The van der Waals surface area contributed by atoms with E-state index in [0.29, 0.717) is 0 Å². The summed E-state index contributed by atoms with van der Waals surface area (Å²) in [5.74, 6) is 0.753. The van der Waals surface area contributed by atoms with E-state index >= 15 is 0 Å². The molecule has 0 aromatic heterocycles. The Morgan fingerprint density at radius 3 is 2.71 bits per heavy atom. The van der Waals surface area contributed by atoms with Crippen LogP contribution in [0.4, 0.5) is 0 Å². The fourth-order valence-corrected chi connectivity index (χ4v) is 1.26. The molecular weight excluding hydrogens is 194 g/mol. The lowest BCUT2D eigenvalue weighted by Crippen LogP contribution is -1.92. The SMILES string of the molecule is CC.CSc1cccc(OCC#N)c1. The van der Waals surface area contributed by atoms with Gasteiger partial charge in [0.25, 0.3) is 0 Å². The average Bonchev–Trinajstić information content (AvgIpc) is 2.29. The van der Waals surface area contributed by atoms with Crippen molar-refractivity contribution in [2.24, 2.45) is 0 Å². The lowest BCUT2D eigenvalue weighted by molar-refractivity contribution is 0.367. The number of thioether (sulfide) groups is 1. The summed E-state index contributed by atoms with van der Waals surface area (Å²) in [7, 11) is 0. The minimum atomic E-state index is 0.109. The number of nitrogens with zero attached hydrogens (tertiary/aromatic N) is 1. The summed E-state index contributed by atoms with van der Waals surface area (Å²) in [6, 6.07) is 9.61. The van der Waals surface area contributed by atoms with Crippen LogP contribution in [0.5, 0.6) is 5.75 Å². The van der Waals surface area contributed by atoms with Crippen molar-refractivity contribution in [2.45, 2.75) is 18.7 Å². The third kappa shape index (κ3) is 4.78.